The van der Waals surface area contributed by atoms with Gasteiger partial charge in [-0.15, -0.1) is 0 Å². The van der Waals surface area contributed by atoms with E-state index in [1.165, 1.54) is 16.7 Å². The molecule has 0 aliphatic carbocycles. The van der Waals surface area contributed by atoms with Crippen LogP contribution in [0.3, 0.4) is 0 Å². The van der Waals surface area contributed by atoms with Gasteiger partial charge in [-0.05, 0) is 48.0 Å². The Hall–Kier alpha value is -3.49. The van der Waals surface area contributed by atoms with Crippen LogP contribution in [0.2, 0.25) is 0 Å². The number of amides is 1. The van der Waals surface area contributed by atoms with Gasteiger partial charge in [-0.2, -0.15) is 0 Å². The summed E-state index contributed by atoms with van der Waals surface area (Å²) in [6.07, 6.45) is 1.82. The fourth-order valence-corrected chi connectivity index (χ4v) is 4.69. The molecule has 3 aromatic rings. The maximum absolute atomic E-state index is 13.1. The molecule has 0 atom stereocenters. The number of anilines is 1. The van der Waals surface area contributed by atoms with Gasteiger partial charge in [0, 0.05) is 6.07 Å². The largest absolute Gasteiger partial charge is 0.490 e. The van der Waals surface area contributed by atoms with Crippen molar-refractivity contribution < 1.29 is 23.7 Å². The predicted molar refractivity (Wildman–Crippen MR) is 132 cm³/mol. The van der Waals surface area contributed by atoms with E-state index >= 15 is 0 Å². The van der Waals surface area contributed by atoms with Crippen molar-refractivity contribution in [1.29, 1.82) is 0 Å². The highest BCUT2D eigenvalue weighted by Gasteiger charge is 2.34. The molecule has 0 spiro atoms. The van der Waals surface area contributed by atoms with E-state index in [2.05, 4.69) is 0 Å². The lowest BCUT2D eigenvalue weighted by Crippen LogP contribution is -2.27. The highest BCUT2D eigenvalue weighted by molar-refractivity contribution is 8.27. The van der Waals surface area contributed by atoms with E-state index in [4.69, 9.17) is 31.2 Å². The minimum atomic E-state index is -0.175. The van der Waals surface area contributed by atoms with Crippen LogP contribution in [0.1, 0.15) is 5.56 Å². The molecule has 0 radical (unpaired) electrons. The Morgan fingerprint density at radius 2 is 1.67 bits per heavy atom. The van der Waals surface area contributed by atoms with Crippen LogP contribution in [0.15, 0.2) is 77.7 Å². The van der Waals surface area contributed by atoms with Crippen molar-refractivity contribution in [2.45, 2.75) is 0 Å². The number of carbonyl (C=O) groups is 1. The van der Waals surface area contributed by atoms with Crippen molar-refractivity contribution in [1.82, 2.24) is 0 Å². The smallest absolute Gasteiger partial charge is 0.270 e. The minimum absolute atomic E-state index is 0.174. The summed E-state index contributed by atoms with van der Waals surface area (Å²) in [5.41, 5.74) is 1.50. The first kappa shape index (κ1) is 21.4. The molecule has 1 amide bonds. The summed E-state index contributed by atoms with van der Waals surface area (Å²) < 4.78 is 22.7. The predicted octanol–water partition coefficient (Wildman–Crippen LogP) is 5.28. The number of nitrogens with zero attached hydrogens (tertiary/aromatic N) is 1. The molecule has 2 heterocycles. The van der Waals surface area contributed by atoms with Gasteiger partial charge in [-0.3, -0.25) is 9.69 Å². The molecule has 3 aromatic carbocycles. The van der Waals surface area contributed by atoms with E-state index in [0.29, 0.717) is 45.4 Å². The molecule has 1 fully saturated rings. The maximum Gasteiger partial charge on any atom is 0.270 e. The first-order valence-electron chi connectivity index (χ1n) is 10.3. The number of thioether (sulfide) groups is 1. The number of rotatable bonds is 7. The molecule has 0 aromatic heterocycles. The van der Waals surface area contributed by atoms with E-state index in [1.807, 2.05) is 60.7 Å². The molecule has 33 heavy (non-hydrogen) atoms. The normalized spacial score (nSPS) is 15.9. The summed E-state index contributed by atoms with van der Waals surface area (Å²) >= 11 is 6.74. The fourth-order valence-electron chi connectivity index (χ4n) is 3.40. The van der Waals surface area contributed by atoms with Gasteiger partial charge in [0.1, 0.15) is 24.7 Å². The summed E-state index contributed by atoms with van der Waals surface area (Å²) in [4.78, 5) is 15.1. The highest BCUT2D eigenvalue weighted by Crippen LogP contribution is 2.40. The number of fused-ring (bicyclic) bond motifs is 1. The van der Waals surface area contributed by atoms with Crippen LogP contribution in [-0.4, -0.2) is 30.2 Å². The van der Waals surface area contributed by atoms with Crippen LogP contribution < -0.4 is 23.8 Å². The van der Waals surface area contributed by atoms with Gasteiger partial charge in [0.15, 0.2) is 15.8 Å². The second-order valence-corrected chi connectivity index (χ2v) is 8.81. The molecule has 8 heteroatoms. The van der Waals surface area contributed by atoms with Crippen LogP contribution in [0, 0.1) is 0 Å². The van der Waals surface area contributed by atoms with Gasteiger partial charge < -0.3 is 18.9 Å². The average Bonchev–Trinajstić information content (AvgIpc) is 3.41. The average molecular weight is 478 g/mol. The molecule has 0 unspecified atom stereocenters. The van der Waals surface area contributed by atoms with Crippen molar-refractivity contribution in [3.63, 3.8) is 0 Å². The van der Waals surface area contributed by atoms with Crippen molar-refractivity contribution in [3.8, 4) is 23.0 Å². The standard InChI is InChI=1S/C25H19NO5S2/c27-24-23(33-25(32)26(24)18-9-10-21-22(15-18)31-16-30-21)14-17-5-4-8-20(13-17)29-12-11-28-19-6-2-1-3-7-19/h1-10,13-15H,11-12,16H2. The van der Waals surface area contributed by atoms with Gasteiger partial charge >= 0.3 is 0 Å². The third kappa shape index (κ3) is 4.81. The monoisotopic (exact) mass is 477 g/mol. The molecule has 2 aliphatic rings. The Bertz CT molecular complexity index is 1230. The molecular formula is C25H19NO5S2. The second-order valence-electron chi connectivity index (χ2n) is 7.14. The first-order valence-corrected chi connectivity index (χ1v) is 11.5. The third-order valence-electron chi connectivity index (χ3n) is 4.93. The number of thiocarbonyl (C=S) groups is 1. The second kappa shape index (κ2) is 9.56. The Kier molecular flexibility index (Phi) is 6.19. The Morgan fingerprint density at radius 1 is 0.909 bits per heavy atom. The Labute approximate surface area is 200 Å². The molecule has 166 valence electrons. The molecule has 1 saturated heterocycles. The molecule has 6 nitrogen and oxygen atoms in total. The van der Waals surface area contributed by atoms with Gasteiger partial charge in [0.25, 0.3) is 5.91 Å². The SMILES string of the molecule is O=C1C(=Cc2cccc(OCCOc3ccccc3)c2)SC(=S)N1c1ccc2c(c1)OCO2. The van der Waals surface area contributed by atoms with Crippen molar-refractivity contribution in [2.24, 2.45) is 0 Å². The van der Waals surface area contributed by atoms with Gasteiger partial charge in [-0.25, -0.2) is 0 Å². The summed E-state index contributed by atoms with van der Waals surface area (Å²) in [5, 5.41) is 0. The zero-order chi connectivity index (χ0) is 22.6. The number of para-hydroxylation sites is 1. The van der Waals surface area contributed by atoms with Crippen LogP contribution >= 0.6 is 24.0 Å². The van der Waals surface area contributed by atoms with E-state index in [1.54, 1.807) is 18.2 Å². The fraction of sp³-hybridized carbons (Fsp3) is 0.120. The Morgan fingerprint density at radius 3 is 2.52 bits per heavy atom. The topological polar surface area (TPSA) is 57.2 Å². The quantitative estimate of drug-likeness (QED) is 0.261. The van der Waals surface area contributed by atoms with Crippen molar-refractivity contribution >= 4 is 46.0 Å². The number of benzene rings is 3. The third-order valence-corrected chi connectivity index (χ3v) is 6.23. The van der Waals surface area contributed by atoms with Crippen LogP contribution in [-0.2, 0) is 4.79 Å². The minimum Gasteiger partial charge on any atom is -0.490 e. The lowest BCUT2D eigenvalue weighted by atomic mass is 10.2. The summed E-state index contributed by atoms with van der Waals surface area (Å²) in [5.74, 6) is 2.59. The van der Waals surface area contributed by atoms with Crippen molar-refractivity contribution in [2.75, 3.05) is 24.9 Å². The van der Waals surface area contributed by atoms with Gasteiger partial charge in [0.2, 0.25) is 6.79 Å². The highest BCUT2D eigenvalue weighted by atomic mass is 32.2. The van der Waals surface area contributed by atoms with Gasteiger partial charge in [-0.1, -0.05) is 54.3 Å². The number of ether oxygens (including phenoxy) is 4. The molecular weight excluding hydrogens is 458 g/mol. The lowest BCUT2D eigenvalue weighted by molar-refractivity contribution is -0.113. The van der Waals surface area contributed by atoms with Crippen LogP contribution in [0.4, 0.5) is 5.69 Å². The number of carbonyl (C=O) groups excluding carboxylic acids is 1. The molecule has 2 aliphatic heterocycles. The first-order chi connectivity index (χ1) is 16.2. The lowest BCUT2D eigenvalue weighted by Gasteiger charge is -2.14. The van der Waals surface area contributed by atoms with E-state index in [0.717, 1.165) is 11.3 Å². The molecule has 0 N–H and O–H groups in total. The van der Waals surface area contributed by atoms with Crippen molar-refractivity contribution in [3.05, 3.63) is 83.3 Å². The maximum atomic E-state index is 13.1. The van der Waals surface area contributed by atoms with E-state index in [9.17, 15) is 4.79 Å². The van der Waals surface area contributed by atoms with E-state index in [-0.39, 0.29) is 12.7 Å². The van der Waals surface area contributed by atoms with E-state index < -0.39 is 0 Å². The van der Waals surface area contributed by atoms with Gasteiger partial charge in [0.05, 0.1) is 10.6 Å². The summed E-state index contributed by atoms with van der Waals surface area (Å²) in [7, 11) is 0. The molecule has 0 bridgehead atoms. The number of hydrogen-bond acceptors (Lipinski definition) is 7. The molecule has 5 rings (SSSR count). The van der Waals surface area contributed by atoms with Crippen LogP contribution in [0.5, 0.6) is 23.0 Å². The summed E-state index contributed by atoms with van der Waals surface area (Å²) in [6.45, 7) is 1.01. The zero-order valence-corrected chi connectivity index (χ0v) is 19.1. The summed E-state index contributed by atoms with van der Waals surface area (Å²) in [6, 6.07) is 22.5. The Balaban J connectivity index is 1.24. The number of hydrogen-bond donors (Lipinski definition) is 0. The zero-order valence-electron chi connectivity index (χ0n) is 17.4. The van der Waals surface area contributed by atoms with Crippen LogP contribution in [0.25, 0.3) is 6.08 Å². The molecule has 0 saturated carbocycles.